The molecule has 0 unspecified atom stereocenters. The van der Waals surface area contributed by atoms with Crippen LogP contribution in [0.25, 0.3) is 22.3 Å². The highest BCUT2D eigenvalue weighted by Crippen LogP contribution is 2.29. The molecule has 5 heteroatoms. The largest absolute Gasteiger partial charge is 0.334 e. The van der Waals surface area contributed by atoms with Gasteiger partial charge in [0.1, 0.15) is 16.1 Å². The zero-order valence-corrected chi connectivity index (χ0v) is 12.1. The van der Waals surface area contributed by atoms with Gasteiger partial charge in [0.25, 0.3) is 0 Å². The van der Waals surface area contributed by atoms with Gasteiger partial charge in [0.2, 0.25) is 0 Å². The Bertz CT molecular complexity index is 739. The molecule has 2 aromatic heterocycles. The van der Waals surface area contributed by atoms with Crippen LogP contribution in [0.15, 0.2) is 29.1 Å². The monoisotopic (exact) mass is 304 g/mol. The van der Waals surface area contributed by atoms with E-state index in [1.807, 2.05) is 36.5 Å². The van der Waals surface area contributed by atoms with Gasteiger partial charge in [0, 0.05) is 19.7 Å². The summed E-state index contributed by atoms with van der Waals surface area (Å²) in [4.78, 5) is 8.95. The lowest BCUT2D eigenvalue weighted by molar-refractivity contribution is 0.840. The molecule has 0 aliphatic heterocycles. The fraction of sp³-hybridized carbons (Fsp3) is 0.231. The molecule has 0 saturated carbocycles. The van der Waals surface area contributed by atoms with Gasteiger partial charge in [0.15, 0.2) is 0 Å². The second kappa shape index (κ2) is 3.95. The molecule has 0 N–H and O–H groups in total. The van der Waals surface area contributed by atoms with Gasteiger partial charge < -0.3 is 9.13 Å². The van der Waals surface area contributed by atoms with Gasteiger partial charge in [-0.1, -0.05) is 6.07 Å². The molecule has 0 amide bonds. The molecule has 0 spiro atoms. The topological polar surface area (TPSA) is 35.6 Å². The summed E-state index contributed by atoms with van der Waals surface area (Å²) in [6.45, 7) is 1.99. The number of benzene rings is 1. The first-order valence-electron chi connectivity index (χ1n) is 5.68. The maximum absolute atomic E-state index is 4.58. The molecule has 0 fully saturated rings. The number of nitrogens with zero attached hydrogens (tertiary/aromatic N) is 4. The average Bonchev–Trinajstić information content (AvgIpc) is 2.85. The van der Waals surface area contributed by atoms with E-state index >= 15 is 0 Å². The van der Waals surface area contributed by atoms with Crippen LogP contribution < -0.4 is 0 Å². The third-order valence-corrected chi connectivity index (χ3v) is 4.16. The molecule has 2 heterocycles. The second-order valence-electron chi connectivity index (χ2n) is 4.42. The van der Waals surface area contributed by atoms with Gasteiger partial charge in [-0.05, 0) is 35.0 Å². The van der Waals surface area contributed by atoms with Crippen molar-refractivity contribution in [1.29, 1.82) is 0 Å². The van der Waals surface area contributed by atoms with Gasteiger partial charge in [-0.2, -0.15) is 0 Å². The molecule has 1 aromatic carbocycles. The zero-order valence-electron chi connectivity index (χ0n) is 10.5. The third-order valence-electron chi connectivity index (χ3n) is 3.25. The van der Waals surface area contributed by atoms with Crippen molar-refractivity contribution in [3.8, 4) is 11.3 Å². The Labute approximate surface area is 113 Å². The van der Waals surface area contributed by atoms with Crippen molar-refractivity contribution in [3.05, 3.63) is 35.0 Å². The van der Waals surface area contributed by atoms with Gasteiger partial charge in [-0.3, -0.25) is 0 Å². The maximum Gasteiger partial charge on any atom is 0.112 e. The Morgan fingerprint density at radius 1 is 1.22 bits per heavy atom. The molecule has 0 aliphatic carbocycles. The van der Waals surface area contributed by atoms with Crippen molar-refractivity contribution >= 4 is 27.0 Å². The smallest absolute Gasteiger partial charge is 0.112 e. The molecule has 0 bridgehead atoms. The minimum Gasteiger partial charge on any atom is -0.334 e. The predicted molar refractivity (Wildman–Crippen MR) is 75.4 cm³/mol. The Morgan fingerprint density at radius 2 is 2.00 bits per heavy atom. The molecule has 3 rings (SSSR count). The number of hydrogen-bond acceptors (Lipinski definition) is 2. The zero-order chi connectivity index (χ0) is 12.9. The van der Waals surface area contributed by atoms with Crippen LogP contribution >= 0.6 is 15.9 Å². The van der Waals surface area contributed by atoms with Crippen molar-refractivity contribution in [1.82, 2.24) is 19.1 Å². The highest BCUT2D eigenvalue weighted by atomic mass is 79.9. The quantitative estimate of drug-likeness (QED) is 0.693. The lowest BCUT2D eigenvalue weighted by Crippen LogP contribution is -1.90. The number of rotatable bonds is 1. The van der Waals surface area contributed by atoms with E-state index in [-0.39, 0.29) is 0 Å². The molecule has 0 aliphatic rings. The molecule has 0 radical (unpaired) electrons. The van der Waals surface area contributed by atoms with E-state index in [0.717, 1.165) is 32.7 Å². The molecular weight excluding hydrogens is 292 g/mol. The van der Waals surface area contributed by atoms with Gasteiger partial charge in [-0.15, -0.1) is 0 Å². The number of aryl methyl sites for hydroxylation is 2. The summed E-state index contributed by atoms with van der Waals surface area (Å²) in [6.07, 6.45) is 1.83. The van der Waals surface area contributed by atoms with Crippen molar-refractivity contribution in [2.45, 2.75) is 6.92 Å². The van der Waals surface area contributed by atoms with Crippen LogP contribution in [0.5, 0.6) is 0 Å². The minimum absolute atomic E-state index is 0.961. The van der Waals surface area contributed by atoms with Crippen molar-refractivity contribution in [2.75, 3.05) is 0 Å². The summed E-state index contributed by atoms with van der Waals surface area (Å²) in [5.41, 5.74) is 4.16. The fourth-order valence-corrected chi connectivity index (χ4v) is 2.63. The first kappa shape index (κ1) is 11.5. The number of imidazole rings is 2. The van der Waals surface area contributed by atoms with E-state index in [1.165, 1.54) is 0 Å². The average molecular weight is 305 g/mol. The van der Waals surface area contributed by atoms with Crippen LogP contribution in [-0.4, -0.2) is 19.1 Å². The van der Waals surface area contributed by atoms with E-state index in [4.69, 9.17) is 0 Å². The Hall–Kier alpha value is -1.62. The lowest BCUT2D eigenvalue weighted by Gasteiger charge is -2.00. The Kier molecular flexibility index (Phi) is 2.52. The first-order chi connectivity index (χ1) is 8.58. The van der Waals surface area contributed by atoms with Crippen LogP contribution in [0.4, 0.5) is 0 Å². The van der Waals surface area contributed by atoms with Crippen LogP contribution in [-0.2, 0) is 14.1 Å². The predicted octanol–water partition coefficient (Wildman–Crippen LogP) is 3.04. The lowest BCUT2D eigenvalue weighted by atomic mass is 10.1. The maximum atomic E-state index is 4.58. The number of fused-ring (bicyclic) bond motifs is 1. The summed E-state index contributed by atoms with van der Waals surface area (Å²) in [5, 5.41) is 0. The van der Waals surface area contributed by atoms with Crippen molar-refractivity contribution < 1.29 is 0 Å². The van der Waals surface area contributed by atoms with E-state index < -0.39 is 0 Å². The van der Waals surface area contributed by atoms with Crippen LogP contribution in [0.1, 0.15) is 5.82 Å². The number of hydrogen-bond donors (Lipinski definition) is 0. The summed E-state index contributed by atoms with van der Waals surface area (Å²) in [7, 11) is 3.99. The van der Waals surface area contributed by atoms with Crippen molar-refractivity contribution in [2.24, 2.45) is 14.1 Å². The molecule has 0 atom stereocenters. The second-order valence-corrected chi connectivity index (χ2v) is 5.17. The van der Waals surface area contributed by atoms with Crippen LogP contribution in [0.3, 0.4) is 0 Å². The van der Waals surface area contributed by atoms with E-state index in [9.17, 15) is 0 Å². The summed E-state index contributed by atoms with van der Waals surface area (Å²) in [5.74, 6) is 0.984. The van der Waals surface area contributed by atoms with Gasteiger partial charge in [-0.25, -0.2) is 9.97 Å². The Morgan fingerprint density at radius 3 is 2.67 bits per heavy atom. The number of aromatic nitrogens is 4. The summed E-state index contributed by atoms with van der Waals surface area (Å²) in [6, 6.07) is 6.23. The molecular formula is C13H13BrN4. The fourth-order valence-electron chi connectivity index (χ4n) is 2.05. The van der Waals surface area contributed by atoms with Crippen LogP contribution in [0.2, 0.25) is 0 Å². The normalized spacial score (nSPS) is 11.3. The number of halogens is 1. The van der Waals surface area contributed by atoms with E-state index in [1.54, 1.807) is 0 Å². The SMILES string of the molecule is Cc1nc(-c2ccc3c(c2)ncn3C)c(Br)n1C. The molecule has 92 valence electrons. The van der Waals surface area contributed by atoms with Crippen LogP contribution in [0, 0.1) is 6.92 Å². The molecule has 18 heavy (non-hydrogen) atoms. The standard InChI is InChI=1S/C13H13BrN4/c1-8-16-12(13(14)18(8)3)9-4-5-11-10(6-9)15-7-17(11)2/h4-7H,1-3H3. The van der Waals surface area contributed by atoms with Gasteiger partial charge >= 0.3 is 0 Å². The summed E-state index contributed by atoms with van der Waals surface area (Å²) >= 11 is 3.58. The highest BCUT2D eigenvalue weighted by molar-refractivity contribution is 9.10. The highest BCUT2D eigenvalue weighted by Gasteiger charge is 2.12. The Balaban J connectivity index is 2.22. The first-order valence-corrected chi connectivity index (χ1v) is 6.47. The van der Waals surface area contributed by atoms with Gasteiger partial charge in [0.05, 0.1) is 17.4 Å². The van der Waals surface area contributed by atoms with Crippen molar-refractivity contribution in [3.63, 3.8) is 0 Å². The molecule has 3 aromatic rings. The molecule has 0 saturated heterocycles. The van der Waals surface area contributed by atoms with E-state index in [0.29, 0.717) is 0 Å². The molecule has 4 nitrogen and oxygen atoms in total. The summed E-state index contributed by atoms with van der Waals surface area (Å²) < 4.78 is 5.03. The third kappa shape index (κ3) is 1.58. The van der Waals surface area contributed by atoms with E-state index in [2.05, 4.69) is 44.1 Å². The minimum atomic E-state index is 0.961.